The molecule has 0 saturated heterocycles. The van der Waals surface area contributed by atoms with E-state index in [9.17, 15) is 13.2 Å². The highest BCUT2D eigenvalue weighted by atomic mass is 19.2. The first-order valence-electron chi connectivity index (χ1n) is 12.5. The van der Waals surface area contributed by atoms with Gasteiger partial charge >= 0.3 is 0 Å². The minimum atomic E-state index is -0.853. The zero-order chi connectivity index (χ0) is 24.8. The number of ether oxygens (including phenoxy) is 2. The summed E-state index contributed by atoms with van der Waals surface area (Å²) in [5.74, 6) is -1.45. The zero-order valence-corrected chi connectivity index (χ0v) is 20.5. The Morgan fingerprint density at radius 3 is 2.29 bits per heavy atom. The Morgan fingerprint density at radius 1 is 0.857 bits per heavy atom. The number of rotatable bonds is 9. The third-order valence-electron chi connectivity index (χ3n) is 6.86. The Labute approximate surface area is 206 Å². The summed E-state index contributed by atoms with van der Waals surface area (Å²) in [5.41, 5.74) is 3.16. The van der Waals surface area contributed by atoms with E-state index in [-0.39, 0.29) is 35.6 Å². The van der Waals surface area contributed by atoms with Crippen LogP contribution in [0.2, 0.25) is 0 Å². The van der Waals surface area contributed by atoms with Gasteiger partial charge < -0.3 is 9.47 Å². The number of hydrogen-bond acceptors (Lipinski definition) is 2. The van der Waals surface area contributed by atoms with Gasteiger partial charge in [-0.05, 0) is 68.2 Å². The van der Waals surface area contributed by atoms with Crippen LogP contribution in [-0.4, -0.2) is 12.7 Å². The maximum Gasteiger partial charge on any atom is 0.167 e. The minimum Gasteiger partial charge on any atom is -0.491 e. The van der Waals surface area contributed by atoms with Gasteiger partial charge in [0.1, 0.15) is 0 Å². The Bertz CT molecular complexity index is 1120. The molecule has 3 aromatic carbocycles. The van der Waals surface area contributed by atoms with Crippen molar-refractivity contribution in [3.63, 3.8) is 0 Å². The fourth-order valence-corrected chi connectivity index (χ4v) is 4.64. The molecule has 1 aliphatic carbocycles. The largest absolute Gasteiger partial charge is 0.491 e. The SMILES string of the molecule is CCCCOc1ccc(C2CCC(OCc3ccc(-c4ccc(C)cc4)c(F)c3F)CC2)cc1F. The minimum absolute atomic E-state index is 0.0213. The lowest BCUT2D eigenvalue weighted by Crippen LogP contribution is -2.21. The summed E-state index contributed by atoms with van der Waals surface area (Å²) >= 11 is 0. The second-order valence-electron chi connectivity index (χ2n) is 9.44. The van der Waals surface area contributed by atoms with Crippen LogP contribution in [0.5, 0.6) is 5.75 Å². The molecule has 2 nitrogen and oxygen atoms in total. The highest BCUT2D eigenvalue weighted by Gasteiger charge is 2.24. The van der Waals surface area contributed by atoms with Crippen molar-refractivity contribution in [1.82, 2.24) is 0 Å². The summed E-state index contributed by atoms with van der Waals surface area (Å²) in [6.07, 6.45) is 5.21. The lowest BCUT2D eigenvalue weighted by molar-refractivity contribution is 0.0119. The first kappa shape index (κ1) is 25.3. The van der Waals surface area contributed by atoms with Crippen molar-refractivity contribution < 1.29 is 22.6 Å². The number of unbranched alkanes of at least 4 members (excludes halogenated alkanes) is 1. The van der Waals surface area contributed by atoms with Crippen LogP contribution in [0.15, 0.2) is 54.6 Å². The first-order chi connectivity index (χ1) is 17.0. The maximum atomic E-state index is 14.7. The summed E-state index contributed by atoms with van der Waals surface area (Å²) in [6, 6.07) is 15.8. The van der Waals surface area contributed by atoms with Crippen LogP contribution < -0.4 is 4.74 Å². The van der Waals surface area contributed by atoms with E-state index in [0.29, 0.717) is 17.9 Å². The summed E-state index contributed by atoms with van der Waals surface area (Å²) in [7, 11) is 0. The lowest BCUT2D eigenvalue weighted by atomic mass is 9.82. The fourth-order valence-electron chi connectivity index (χ4n) is 4.64. The van der Waals surface area contributed by atoms with Gasteiger partial charge in [0.15, 0.2) is 23.2 Å². The summed E-state index contributed by atoms with van der Waals surface area (Å²) in [6.45, 7) is 4.58. The molecular formula is C30H33F3O2. The van der Waals surface area contributed by atoms with Gasteiger partial charge in [-0.15, -0.1) is 0 Å². The molecule has 0 spiro atoms. The van der Waals surface area contributed by atoms with Crippen LogP contribution in [0.3, 0.4) is 0 Å². The average Bonchev–Trinajstić information content (AvgIpc) is 2.87. The van der Waals surface area contributed by atoms with Crippen molar-refractivity contribution in [1.29, 1.82) is 0 Å². The summed E-state index contributed by atoms with van der Waals surface area (Å²) in [4.78, 5) is 0. The Morgan fingerprint density at radius 2 is 1.60 bits per heavy atom. The Hall–Kier alpha value is -2.79. The number of aryl methyl sites for hydroxylation is 1. The van der Waals surface area contributed by atoms with Crippen LogP contribution in [0.4, 0.5) is 13.2 Å². The van der Waals surface area contributed by atoms with Crippen LogP contribution >= 0.6 is 0 Å². The molecule has 0 atom stereocenters. The van der Waals surface area contributed by atoms with Gasteiger partial charge in [-0.1, -0.05) is 61.4 Å². The van der Waals surface area contributed by atoms with Crippen LogP contribution in [0.1, 0.15) is 68.1 Å². The van der Waals surface area contributed by atoms with Crippen LogP contribution in [0.25, 0.3) is 11.1 Å². The quantitative estimate of drug-likeness (QED) is 0.285. The van der Waals surface area contributed by atoms with Gasteiger partial charge in [-0.25, -0.2) is 13.2 Å². The topological polar surface area (TPSA) is 18.5 Å². The normalized spacial score (nSPS) is 18.0. The first-order valence-corrected chi connectivity index (χ1v) is 12.5. The second kappa shape index (κ2) is 11.8. The molecule has 0 aromatic heterocycles. The Kier molecular flexibility index (Phi) is 8.50. The lowest BCUT2D eigenvalue weighted by Gasteiger charge is -2.29. The molecule has 1 aliphatic rings. The van der Waals surface area contributed by atoms with E-state index >= 15 is 0 Å². The summed E-state index contributed by atoms with van der Waals surface area (Å²) in [5, 5.41) is 0. The molecule has 0 radical (unpaired) electrons. The van der Waals surface area contributed by atoms with E-state index in [1.54, 1.807) is 36.4 Å². The highest BCUT2D eigenvalue weighted by molar-refractivity contribution is 5.65. The van der Waals surface area contributed by atoms with Crippen molar-refractivity contribution in [2.45, 2.75) is 71.0 Å². The highest BCUT2D eigenvalue weighted by Crippen LogP contribution is 2.36. The van der Waals surface area contributed by atoms with E-state index in [1.165, 1.54) is 0 Å². The predicted octanol–water partition coefficient (Wildman–Crippen LogP) is 8.50. The molecule has 0 N–H and O–H groups in total. The van der Waals surface area contributed by atoms with Gasteiger partial charge in [0.05, 0.1) is 19.3 Å². The molecular weight excluding hydrogens is 449 g/mol. The molecule has 35 heavy (non-hydrogen) atoms. The molecule has 3 aromatic rings. The molecule has 0 bridgehead atoms. The van der Waals surface area contributed by atoms with Crippen LogP contribution in [-0.2, 0) is 11.3 Å². The molecule has 1 saturated carbocycles. The molecule has 0 unspecified atom stereocenters. The smallest absolute Gasteiger partial charge is 0.167 e. The third-order valence-corrected chi connectivity index (χ3v) is 6.86. The predicted molar refractivity (Wildman–Crippen MR) is 133 cm³/mol. The molecule has 0 heterocycles. The molecule has 0 aliphatic heterocycles. The third kappa shape index (κ3) is 6.26. The summed E-state index contributed by atoms with van der Waals surface area (Å²) < 4.78 is 55.4. The number of hydrogen-bond donors (Lipinski definition) is 0. The van der Waals surface area contributed by atoms with E-state index < -0.39 is 11.6 Å². The number of benzene rings is 3. The van der Waals surface area contributed by atoms with Crippen molar-refractivity contribution in [3.8, 4) is 16.9 Å². The van der Waals surface area contributed by atoms with Gasteiger partial charge in [-0.2, -0.15) is 0 Å². The van der Waals surface area contributed by atoms with Gasteiger partial charge in [0.25, 0.3) is 0 Å². The molecule has 0 amide bonds. The molecule has 1 fully saturated rings. The monoisotopic (exact) mass is 482 g/mol. The second-order valence-corrected chi connectivity index (χ2v) is 9.44. The van der Waals surface area contributed by atoms with Crippen molar-refractivity contribution >= 4 is 0 Å². The molecule has 4 rings (SSSR count). The standard InChI is InChI=1S/C30H33F3O2/c1-3-4-17-34-28-16-12-23(18-27(28)31)21-9-13-25(14-10-21)35-19-24-11-15-26(30(33)29(24)32)22-7-5-20(2)6-8-22/h5-8,11-12,15-16,18,21,25H,3-4,9-10,13-14,17,19H2,1-2H3. The van der Waals surface area contributed by atoms with E-state index in [4.69, 9.17) is 9.47 Å². The fraction of sp³-hybridized carbons (Fsp3) is 0.400. The van der Waals surface area contributed by atoms with Crippen molar-refractivity contribution in [2.24, 2.45) is 0 Å². The van der Waals surface area contributed by atoms with E-state index in [0.717, 1.165) is 49.7 Å². The Balaban J connectivity index is 1.31. The molecule has 5 heteroatoms. The van der Waals surface area contributed by atoms with E-state index in [1.807, 2.05) is 25.1 Å². The van der Waals surface area contributed by atoms with E-state index in [2.05, 4.69) is 6.92 Å². The zero-order valence-electron chi connectivity index (χ0n) is 20.5. The van der Waals surface area contributed by atoms with Crippen molar-refractivity contribution in [2.75, 3.05) is 6.61 Å². The average molecular weight is 483 g/mol. The van der Waals surface area contributed by atoms with Gasteiger partial charge in [0.2, 0.25) is 0 Å². The maximum absolute atomic E-state index is 14.7. The van der Waals surface area contributed by atoms with Crippen molar-refractivity contribution in [3.05, 3.63) is 88.7 Å². The van der Waals surface area contributed by atoms with Gasteiger partial charge in [-0.3, -0.25) is 0 Å². The van der Waals surface area contributed by atoms with Crippen LogP contribution in [0, 0.1) is 24.4 Å². The van der Waals surface area contributed by atoms with Gasteiger partial charge in [0, 0.05) is 11.1 Å². The number of halogens is 3. The molecule has 186 valence electrons.